The number of aryl methyl sites for hydroxylation is 4. The van der Waals surface area contributed by atoms with Gasteiger partial charge in [0.05, 0.1) is 6.61 Å². The zero-order chi connectivity index (χ0) is 23.3. The third-order valence-corrected chi connectivity index (χ3v) is 8.22. The van der Waals surface area contributed by atoms with E-state index in [1.165, 1.54) is 12.1 Å². The minimum Gasteiger partial charge on any atom is -0.490 e. The first-order chi connectivity index (χ1) is 15.0. The first kappa shape index (κ1) is 22.3. The minimum atomic E-state index is -3.81. The molecule has 7 heteroatoms. The van der Waals surface area contributed by atoms with Crippen LogP contribution in [0.15, 0.2) is 48.5 Å². The monoisotopic (exact) mass is 458 g/mol. The molecule has 0 fully saturated rings. The molecule has 4 rings (SSSR count). The molecule has 3 aromatic carbocycles. The predicted octanol–water partition coefficient (Wildman–Crippen LogP) is 5.28. The van der Waals surface area contributed by atoms with Crippen LogP contribution in [0.5, 0.6) is 17.2 Å². The van der Waals surface area contributed by atoms with Gasteiger partial charge < -0.3 is 18.8 Å². The molecule has 0 atom stereocenters. The molecule has 0 unspecified atom stereocenters. The highest BCUT2D eigenvalue weighted by atomic mass is 31.2. The average molecular weight is 458 g/mol. The van der Waals surface area contributed by atoms with E-state index in [4.69, 9.17) is 9.47 Å². The second-order valence-electron chi connectivity index (χ2n) is 8.17. The molecule has 1 aliphatic rings. The van der Waals surface area contributed by atoms with Crippen LogP contribution < -0.4 is 30.1 Å². The summed E-state index contributed by atoms with van der Waals surface area (Å²) in [5, 5.41) is 1.58. The van der Waals surface area contributed by atoms with Crippen LogP contribution in [-0.2, 0) is 4.57 Å². The normalized spacial score (nSPS) is 14.5. The molecule has 1 heterocycles. The molecule has 0 bridgehead atoms. The lowest BCUT2D eigenvalue weighted by atomic mass is 10.2. The summed E-state index contributed by atoms with van der Waals surface area (Å²) < 4.78 is 57.7. The van der Waals surface area contributed by atoms with Crippen molar-refractivity contribution < 1.29 is 27.6 Å². The Bertz CT molecular complexity index is 1160. The van der Waals surface area contributed by atoms with Crippen molar-refractivity contribution in [2.24, 2.45) is 0 Å². The fourth-order valence-electron chi connectivity index (χ4n) is 4.16. The van der Waals surface area contributed by atoms with E-state index in [0.717, 1.165) is 22.3 Å². The number of fused-ring (bicyclic) bond motifs is 1. The highest BCUT2D eigenvalue weighted by molar-refractivity contribution is 7.85. The van der Waals surface area contributed by atoms with Crippen LogP contribution in [0.2, 0.25) is 0 Å². The third-order valence-electron chi connectivity index (χ3n) is 5.26. The lowest BCUT2D eigenvalue weighted by Gasteiger charge is -2.23. The van der Waals surface area contributed by atoms with E-state index in [0.29, 0.717) is 15.9 Å². The van der Waals surface area contributed by atoms with Gasteiger partial charge in [0.15, 0.2) is 18.6 Å². The van der Waals surface area contributed by atoms with Crippen LogP contribution in [0, 0.1) is 27.7 Å². The molecule has 1 aliphatic heterocycles. The van der Waals surface area contributed by atoms with E-state index in [1.807, 2.05) is 64.1 Å². The molecule has 4 nitrogen and oxygen atoms in total. The third kappa shape index (κ3) is 4.00. The maximum Gasteiger partial charge on any atom is 0.586 e. The second kappa shape index (κ2) is 7.93. The van der Waals surface area contributed by atoms with Crippen LogP contribution in [-0.4, -0.2) is 12.9 Å². The number of ether oxygens (including phenoxy) is 3. The SMILES string of the molecule is CCOc1cc(P(=O)(c2cc(C)cc(C)c2)c2cc(C)cc(C)c2)cc2c1OC(F)(F)O2. The Morgan fingerprint density at radius 3 is 1.72 bits per heavy atom. The number of hydrogen-bond acceptors (Lipinski definition) is 4. The fourth-order valence-corrected chi connectivity index (χ4v) is 7.20. The van der Waals surface area contributed by atoms with Crippen molar-refractivity contribution in [1.29, 1.82) is 0 Å². The predicted molar refractivity (Wildman–Crippen MR) is 122 cm³/mol. The lowest BCUT2D eigenvalue weighted by Crippen LogP contribution is -2.27. The molecule has 168 valence electrons. The van der Waals surface area contributed by atoms with E-state index in [1.54, 1.807) is 6.92 Å². The quantitative estimate of drug-likeness (QED) is 0.488. The molecule has 0 N–H and O–H groups in total. The minimum absolute atomic E-state index is 0.0751. The van der Waals surface area contributed by atoms with Gasteiger partial charge in [-0.1, -0.05) is 34.4 Å². The Morgan fingerprint density at radius 2 is 1.25 bits per heavy atom. The maximum atomic E-state index is 15.0. The van der Waals surface area contributed by atoms with Crippen LogP contribution in [0.4, 0.5) is 8.78 Å². The molecule has 3 aromatic rings. The number of halogens is 2. The van der Waals surface area contributed by atoms with Crippen molar-refractivity contribution in [2.45, 2.75) is 40.9 Å². The Morgan fingerprint density at radius 1 is 0.781 bits per heavy atom. The lowest BCUT2D eigenvalue weighted by molar-refractivity contribution is -0.287. The summed E-state index contributed by atoms with van der Waals surface area (Å²) >= 11 is 0. The first-order valence-electron chi connectivity index (χ1n) is 10.4. The van der Waals surface area contributed by atoms with Gasteiger partial charge in [0.25, 0.3) is 0 Å². The topological polar surface area (TPSA) is 44.8 Å². The van der Waals surface area contributed by atoms with Crippen LogP contribution in [0.1, 0.15) is 29.2 Å². The molecule has 0 saturated heterocycles. The molecule has 0 spiro atoms. The average Bonchev–Trinajstić information content (AvgIpc) is 3.00. The van der Waals surface area contributed by atoms with Crippen molar-refractivity contribution in [3.8, 4) is 17.2 Å². The van der Waals surface area contributed by atoms with Gasteiger partial charge in [-0.15, -0.1) is 8.78 Å². The van der Waals surface area contributed by atoms with E-state index in [9.17, 15) is 8.78 Å². The zero-order valence-corrected chi connectivity index (χ0v) is 19.6. The molecular formula is C25H25F2O4P. The number of alkyl halides is 2. The van der Waals surface area contributed by atoms with Gasteiger partial charge in [0.2, 0.25) is 5.75 Å². The Balaban J connectivity index is 2.04. The Kier molecular flexibility index (Phi) is 5.54. The summed E-state index contributed by atoms with van der Waals surface area (Å²) in [6.07, 6.45) is -3.81. The molecule has 32 heavy (non-hydrogen) atoms. The van der Waals surface area contributed by atoms with Gasteiger partial charge in [-0.3, -0.25) is 0 Å². The Labute approximate surface area is 186 Å². The van der Waals surface area contributed by atoms with Crippen molar-refractivity contribution >= 4 is 23.1 Å². The fraction of sp³-hybridized carbons (Fsp3) is 0.280. The zero-order valence-electron chi connectivity index (χ0n) is 18.7. The van der Waals surface area contributed by atoms with E-state index < -0.39 is 13.4 Å². The van der Waals surface area contributed by atoms with Gasteiger partial charge in [0.1, 0.15) is 0 Å². The van der Waals surface area contributed by atoms with Gasteiger partial charge in [-0.05, 0) is 71.0 Å². The van der Waals surface area contributed by atoms with E-state index in [-0.39, 0.29) is 23.9 Å². The largest absolute Gasteiger partial charge is 0.586 e. The summed E-state index contributed by atoms with van der Waals surface area (Å²) in [7, 11) is -3.47. The highest BCUT2D eigenvalue weighted by Crippen LogP contribution is 2.51. The molecular weight excluding hydrogens is 433 g/mol. The van der Waals surface area contributed by atoms with Crippen LogP contribution in [0.25, 0.3) is 0 Å². The van der Waals surface area contributed by atoms with Crippen molar-refractivity contribution in [3.63, 3.8) is 0 Å². The molecule has 0 amide bonds. The van der Waals surface area contributed by atoms with E-state index >= 15 is 4.57 Å². The number of hydrogen-bond donors (Lipinski definition) is 0. The summed E-state index contributed by atoms with van der Waals surface area (Å²) in [5.41, 5.74) is 3.84. The summed E-state index contributed by atoms with van der Waals surface area (Å²) in [4.78, 5) is 0. The van der Waals surface area contributed by atoms with Gasteiger partial charge in [-0.25, -0.2) is 0 Å². The molecule has 0 saturated carbocycles. The summed E-state index contributed by atoms with van der Waals surface area (Å²) in [6.45, 7) is 9.72. The summed E-state index contributed by atoms with van der Waals surface area (Å²) in [5.74, 6) is -0.302. The van der Waals surface area contributed by atoms with Gasteiger partial charge in [-0.2, -0.15) is 0 Å². The van der Waals surface area contributed by atoms with Crippen molar-refractivity contribution in [2.75, 3.05) is 6.61 Å². The Hall–Kier alpha value is -2.85. The van der Waals surface area contributed by atoms with E-state index in [2.05, 4.69) is 4.74 Å². The van der Waals surface area contributed by atoms with Crippen LogP contribution >= 0.6 is 7.14 Å². The molecule has 0 aromatic heterocycles. The molecule has 0 aliphatic carbocycles. The van der Waals surface area contributed by atoms with Crippen molar-refractivity contribution in [1.82, 2.24) is 0 Å². The number of rotatable bonds is 5. The highest BCUT2D eigenvalue weighted by Gasteiger charge is 2.46. The van der Waals surface area contributed by atoms with Gasteiger partial charge in [0, 0.05) is 15.9 Å². The number of benzene rings is 3. The van der Waals surface area contributed by atoms with Crippen LogP contribution in [0.3, 0.4) is 0 Å². The molecule has 0 radical (unpaired) electrons. The van der Waals surface area contributed by atoms with Crippen molar-refractivity contribution in [3.05, 3.63) is 70.8 Å². The maximum absolute atomic E-state index is 15.0. The second-order valence-corrected chi connectivity index (χ2v) is 10.9. The van der Waals surface area contributed by atoms with Gasteiger partial charge >= 0.3 is 6.29 Å². The first-order valence-corrected chi connectivity index (χ1v) is 12.1. The standard InChI is InChI=1S/C25H25F2O4P/c1-6-29-22-13-21(14-23-24(22)31-25(26,27)30-23)32(28,19-9-15(2)7-16(3)10-19)20-11-17(4)8-18(5)12-20/h7-14H,6H2,1-5H3. The smallest absolute Gasteiger partial charge is 0.490 e. The summed E-state index contributed by atoms with van der Waals surface area (Å²) in [6, 6.07) is 14.4.